The van der Waals surface area contributed by atoms with E-state index < -0.39 is 21.3 Å². The van der Waals surface area contributed by atoms with Gasteiger partial charge >= 0.3 is 10.1 Å². The largest absolute Gasteiger partial charge is 0.490 e. The lowest BCUT2D eigenvalue weighted by Gasteiger charge is -2.15. The second-order valence-corrected chi connectivity index (χ2v) is 11.5. The van der Waals surface area contributed by atoms with Crippen LogP contribution in [0.5, 0.6) is 23.0 Å². The Morgan fingerprint density at radius 3 is 2.46 bits per heavy atom. The van der Waals surface area contributed by atoms with Crippen molar-refractivity contribution in [1.82, 2.24) is 4.90 Å². The first-order valence-corrected chi connectivity index (χ1v) is 14.4. The van der Waals surface area contributed by atoms with E-state index >= 15 is 0 Å². The maximum absolute atomic E-state index is 13.1. The first-order chi connectivity index (χ1) is 18.7. The highest BCUT2D eigenvalue weighted by molar-refractivity contribution is 8.18. The molecular weight excluding hydrogens is 589 g/mol. The van der Waals surface area contributed by atoms with Gasteiger partial charge < -0.3 is 18.4 Å². The van der Waals surface area contributed by atoms with Gasteiger partial charge in [0, 0.05) is 11.1 Å². The molecule has 0 bridgehead atoms. The number of amides is 2. The highest BCUT2D eigenvalue weighted by atomic mass is 35.5. The summed E-state index contributed by atoms with van der Waals surface area (Å²) in [4.78, 5) is 27.0. The summed E-state index contributed by atoms with van der Waals surface area (Å²) in [6.07, 6.45) is 1.47. The Bertz CT molecular complexity index is 1610. The molecule has 0 unspecified atom stereocenters. The lowest BCUT2D eigenvalue weighted by atomic mass is 10.1. The second-order valence-electron chi connectivity index (χ2n) is 8.18. The van der Waals surface area contributed by atoms with Crippen molar-refractivity contribution in [2.45, 2.75) is 18.4 Å². The molecule has 0 atom stereocenters. The molecule has 0 spiro atoms. The Labute approximate surface area is 238 Å². The lowest BCUT2D eigenvalue weighted by molar-refractivity contribution is -0.123. The topological polar surface area (TPSA) is 108 Å². The molecule has 0 saturated carbocycles. The molecule has 2 aliphatic heterocycles. The van der Waals surface area contributed by atoms with Gasteiger partial charge in [0.05, 0.1) is 23.1 Å². The summed E-state index contributed by atoms with van der Waals surface area (Å²) in [5.74, 6) is 0.308. The number of ether oxygens (including phenoxy) is 3. The van der Waals surface area contributed by atoms with Crippen molar-refractivity contribution in [2.75, 3.05) is 13.4 Å². The molecule has 3 aromatic carbocycles. The van der Waals surface area contributed by atoms with E-state index in [-0.39, 0.29) is 46.3 Å². The van der Waals surface area contributed by atoms with E-state index in [0.29, 0.717) is 27.6 Å². The summed E-state index contributed by atoms with van der Waals surface area (Å²) in [6.45, 7) is 1.90. The summed E-state index contributed by atoms with van der Waals surface area (Å²) in [5, 5.41) is -0.209. The Morgan fingerprint density at radius 2 is 1.74 bits per heavy atom. The zero-order valence-corrected chi connectivity index (χ0v) is 23.3. The zero-order valence-electron chi connectivity index (χ0n) is 20.2. The number of benzene rings is 3. The number of carbonyl (C=O) groups excluding carboxylic acids is 2. The number of hydrogen-bond acceptors (Lipinski definition) is 9. The molecule has 0 N–H and O–H groups in total. The lowest BCUT2D eigenvalue weighted by Crippen LogP contribution is -2.27. The molecule has 0 radical (unpaired) electrons. The minimum absolute atomic E-state index is 0.0520. The molecule has 39 heavy (non-hydrogen) atoms. The monoisotopic (exact) mass is 607 g/mol. The van der Waals surface area contributed by atoms with E-state index in [1.165, 1.54) is 30.3 Å². The van der Waals surface area contributed by atoms with Gasteiger partial charge in [0.15, 0.2) is 17.2 Å². The van der Waals surface area contributed by atoms with Crippen molar-refractivity contribution in [3.05, 3.63) is 80.7 Å². The molecule has 1 fully saturated rings. The molecule has 2 amide bonds. The Balaban J connectivity index is 1.41. The predicted molar refractivity (Wildman–Crippen MR) is 146 cm³/mol. The first-order valence-electron chi connectivity index (χ1n) is 11.5. The van der Waals surface area contributed by atoms with Gasteiger partial charge in [-0.3, -0.25) is 14.5 Å². The van der Waals surface area contributed by atoms with Crippen LogP contribution < -0.4 is 18.4 Å². The SMILES string of the molecule is CCOc1cc(/C=C2\SC(=O)N(Cc3cc4c(cc3Cl)OCO4)C2=O)cc(Cl)c1OS(=O)(=O)c1ccccc1. The fraction of sp³-hybridized carbons (Fsp3) is 0.154. The maximum atomic E-state index is 13.1. The summed E-state index contributed by atoms with van der Waals surface area (Å²) >= 11 is 13.5. The van der Waals surface area contributed by atoms with Crippen LogP contribution in [0.3, 0.4) is 0 Å². The Kier molecular flexibility index (Phi) is 7.68. The summed E-state index contributed by atoms with van der Waals surface area (Å²) in [7, 11) is -4.19. The third-order valence-corrected chi connectivity index (χ3v) is 8.37. The molecule has 1 saturated heterocycles. The number of hydrogen-bond donors (Lipinski definition) is 0. The third kappa shape index (κ3) is 5.67. The first kappa shape index (κ1) is 27.2. The number of nitrogens with zero attached hydrogens (tertiary/aromatic N) is 1. The van der Waals surface area contributed by atoms with Crippen LogP contribution in [-0.2, 0) is 21.5 Å². The molecule has 9 nitrogen and oxygen atoms in total. The van der Waals surface area contributed by atoms with E-state index in [9.17, 15) is 18.0 Å². The molecule has 2 heterocycles. The van der Waals surface area contributed by atoms with Crippen LogP contribution in [0.1, 0.15) is 18.1 Å². The summed E-state index contributed by atoms with van der Waals surface area (Å²) < 4.78 is 47.1. The average Bonchev–Trinajstić information content (AvgIpc) is 3.46. The number of imide groups is 1. The van der Waals surface area contributed by atoms with E-state index in [1.807, 2.05) is 0 Å². The smallest absolute Gasteiger partial charge is 0.339 e. The number of thioether (sulfide) groups is 1. The highest BCUT2D eigenvalue weighted by Gasteiger charge is 2.36. The summed E-state index contributed by atoms with van der Waals surface area (Å²) in [6, 6.07) is 13.7. The molecule has 0 aromatic heterocycles. The van der Waals surface area contributed by atoms with E-state index in [0.717, 1.165) is 16.7 Å². The van der Waals surface area contributed by atoms with Crippen LogP contribution in [0.25, 0.3) is 6.08 Å². The Morgan fingerprint density at radius 1 is 1.03 bits per heavy atom. The van der Waals surface area contributed by atoms with Crippen LogP contribution in [0.4, 0.5) is 4.79 Å². The highest BCUT2D eigenvalue weighted by Crippen LogP contribution is 2.42. The number of rotatable bonds is 8. The third-order valence-electron chi connectivity index (χ3n) is 5.60. The fourth-order valence-corrected chi connectivity index (χ4v) is 6.13. The molecule has 202 valence electrons. The quantitative estimate of drug-likeness (QED) is 0.221. The van der Waals surface area contributed by atoms with Crippen molar-refractivity contribution in [3.63, 3.8) is 0 Å². The van der Waals surface area contributed by atoms with Crippen molar-refractivity contribution >= 4 is 62.3 Å². The van der Waals surface area contributed by atoms with Gasteiger partial charge in [-0.25, -0.2) is 0 Å². The van der Waals surface area contributed by atoms with Gasteiger partial charge in [-0.2, -0.15) is 8.42 Å². The number of halogens is 2. The van der Waals surface area contributed by atoms with Gasteiger partial charge in [0.25, 0.3) is 11.1 Å². The van der Waals surface area contributed by atoms with Gasteiger partial charge in [-0.1, -0.05) is 41.4 Å². The molecule has 13 heteroatoms. The molecule has 3 aromatic rings. The van der Waals surface area contributed by atoms with E-state index in [4.69, 9.17) is 41.6 Å². The predicted octanol–water partition coefficient (Wildman–Crippen LogP) is 6.13. The minimum Gasteiger partial charge on any atom is -0.490 e. The van der Waals surface area contributed by atoms with Gasteiger partial charge in [-0.15, -0.1) is 0 Å². The molecule has 2 aliphatic rings. The zero-order chi connectivity index (χ0) is 27.7. The van der Waals surface area contributed by atoms with Gasteiger partial charge in [0.2, 0.25) is 12.5 Å². The molecular formula is C26H19Cl2NO8S2. The van der Waals surface area contributed by atoms with Gasteiger partial charge in [0.1, 0.15) is 4.90 Å². The second kappa shape index (κ2) is 11.0. The van der Waals surface area contributed by atoms with Crippen molar-refractivity contribution in [3.8, 4) is 23.0 Å². The standard InChI is InChI=1S/C26H19Cl2NO8S2/c1-2-34-22-9-15(8-19(28)24(22)37-39(32,33)17-6-4-3-5-7-17)10-23-25(30)29(26(31)38-23)13-16-11-20-21(12-18(16)27)36-14-35-20/h3-12H,2,13-14H2,1H3/b23-10-. The van der Waals surface area contributed by atoms with Crippen LogP contribution in [0, 0.1) is 0 Å². The van der Waals surface area contributed by atoms with E-state index in [1.54, 1.807) is 37.3 Å². The van der Waals surface area contributed by atoms with E-state index in [2.05, 4.69) is 0 Å². The van der Waals surface area contributed by atoms with Crippen LogP contribution in [-0.4, -0.2) is 37.9 Å². The van der Waals surface area contributed by atoms with Crippen LogP contribution >= 0.6 is 35.0 Å². The van der Waals surface area contributed by atoms with Crippen molar-refractivity contribution in [1.29, 1.82) is 0 Å². The summed E-state index contributed by atoms with van der Waals surface area (Å²) in [5.41, 5.74) is 0.923. The minimum atomic E-state index is -4.19. The van der Waals surface area contributed by atoms with Gasteiger partial charge in [-0.05, 0) is 66.2 Å². The average molecular weight is 608 g/mol. The van der Waals surface area contributed by atoms with Crippen LogP contribution in [0.2, 0.25) is 10.0 Å². The van der Waals surface area contributed by atoms with Crippen molar-refractivity contribution in [2.24, 2.45) is 0 Å². The Hall–Kier alpha value is -3.38. The number of carbonyl (C=O) groups is 2. The van der Waals surface area contributed by atoms with Crippen LogP contribution in [0.15, 0.2) is 64.4 Å². The molecule has 5 rings (SSSR count). The number of fused-ring (bicyclic) bond motifs is 1. The fourth-order valence-electron chi connectivity index (χ4n) is 3.80. The van der Waals surface area contributed by atoms with Crippen molar-refractivity contribution < 1.29 is 36.4 Å². The normalized spacial score (nSPS) is 15.8. The molecule has 0 aliphatic carbocycles. The maximum Gasteiger partial charge on any atom is 0.339 e.